The Morgan fingerprint density at radius 3 is 2.94 bits per heavy atom. The molecule has 2 aliphatic heterocycles. The lowest BCUT2D eigenvalue weighted by Crippen LogP contribution is -2.37. The highest BCUT2D eigenvalue weighted by atomic mass is 32.2. The third-order valence-corrected chi connectivity index (χ3v) is 5.78. The van der Waals surface area contributed by atoms with Crippen molar-refractivity contribution in [3.8, 4) is 11.5 Å². The lowest BCUT2D eigenvalue weighted by atomic mass is 10.2. The predicted molar refractivity (Wildman–Crippen MR) is 114 cm³/mol. The normalized spacial score (nSPS) is 16.5. The highest BCUT2D eigenvalue weighted by molar-refractivity contribution is 8.18. The lowest BCUT2D eigenvalue weighted by molar-refractivity contribution is -0.122. The first kappa shape index (κ1) is 19.2. The number of carbonyl (C=O) groups is 3. The van der Waals surface area contributed by atoms with E-state index in [0.717, 1.165) is 27.7 Å². The van der Waals surface area contributed by atoms with Crippen molar-refractivity contribution < 1.29 is 23.9 Å². The quantitative estimate of drug-likeness (QED) is 0.591. The Hall–Kier alpha value is -3.79. The number of thioether (sulfide) groups is 1. The summed E-state index contributed by atoms with van der Waals surface area (Å²) in [5, 5.41) is 9.88. The lowest BCUT2D eigenvalue weighted by Gasteiger charge is -2.12. The van der Waals surface area contributed by atoms with E-state index >= 15 is 0 Å². The van der Waals surface area contributed by atoms with Crippen molar-refractivity contribution in [2.24, 2.45) is 0 Å². The summed E-state index contributed by atoms with van der Waals surface area (Å²) in [5.74, 6) is 0.472. The Balaban J connectivity index is 1.22. The number of nitrogens with one attached hydrogen (secondary N) is 2. The molecule has 0 spiro atoms. The van der Waals surface area contributed by atoms with Gasteiger partial charge in [-0.05, 0) is 41.6 Å². The number of hydrogen-bond acceptors (Lipinski definition) is 7. The maximum Gasteiger partial charge on any atom is 0.293 e. The average molecular weight is 436 g/mol. The van der Waals surface area contributed by atoms with Gasteiger partial charge in [-0.3, -0.25) is 24.4 Å². The summed E-state index contributed by atoms with van der Waals surface area (Å²) in [6, 6.07) is 12.6. The van der Waals surface area contributed by atoms with Crippen LogP contribution in [0.1, 0.15) is 16.1 Å². The molecule has 2 aliphatic rings. The second-order valence-electron chi connectivity index (χ2n) is 6.82. The number of carbonyl (C=O) groups excluding carboxylic acids is 3. The first-order valence-electron chi connectivity index (χ1n) is 9.46. The summed E-state index contributed by atoms with van der Waals surface area (Å²) in [7, 11) is 0. The number of rotatable bonds is 5. The van der Waals surface area contributed by atoms with E-state index in [1.807, 2.05) is 18.2 Å². The molecule has 1 fully saturated rings. The molecular weight excluding hydrogens is 420 g/mol. The molecule has 0 unspecified atom stereocenters. The largest absolute Gasteiger partial charge is 0.454 e. The maximum absolute atomic E-state index is 12.7. The Labute approximate surface area is 180 Å². The number of fused-ring (bicyclic) bond motifs is 2. The van der Waals surface area contributed by atoms with Crippen LogP contribution in [0.15, 0.2) is 47.4 Å². The van der Waals surface area contributed by atoms with Crippen molar-refractivity contribution in [1.82, 2.24) is 20.4 Å². The topological polar surface area (TPSA) is 114 Å². The van der Waals surface area contributed by atoms with Crippen molar-refractivity contribution in [2.75, 3.05) is 19.9 Å². The molecule has 0 aliphatic carbocycles. The van der Waals surface area contributed by atoms with E-state index in [0.29, 0.717) is 21.8 Å². The molecule has 0 atom stereocenters. The molecule has 3 aromatic rings. The van der Waals surface area contributed by atoms with Crippen molar-refractivity contribution in [3.63, 3.8) is 0 Å². The first-order chi connectivity index (χ1) is 15.1. The fraction of sp³-hybridized carbons (Fsp3) is 0.143. The van der Waals surface area contributed by atoms with Gasteiger partial charge in [-0.2, -0.15) is 5.10 Å². The number of hydrogen-bond donors (Lipinski definition) is 2. The van der Waals surface area contributed by atoms with Gasteiger partial charge in [-0.25, -0.2) is 0 Å². The third kappa shape index (κ3) is 3.61. The number of aromatic amines is 1. The van der Waals surface area contributed by atoms with Crippen molar-refractivity contribution in [1.29, 1.82) is 0 Å². The van der Waals surface area contributed by atoms with Gasteiger partial charge >= 0.3 is 0 Å². The smallest absolute Gasteiger partial charge is 0.293 e. The van der Waals surface area contributed by atoms with Crippen LogP contribution in [0.25, 0.3) is 17.0 Å². The van der Waals surface area contributed by atoms with Gasteiger partial charge in [0.2, 0.25) is 6.79 Å². The van der Waals surface area contributed by atoms with Crippen LogP contribution in [0, 0.1) is 0 Å². The van der Waals surface area contributed by atoms with E-state index in [-0.39, 0.29) is 36.7 Å². The summed E-state index contributed by atoms with van der Waals surface area (Å²) in [5.41, 5.74) is 1.76. The number of benzene rings is 2. The Kier molecular flexibility index (Phi) is 4.83. The second kappa shape index (κ2) is 7.80. The van der Waals surface area contributed by atoms with E-state index in [9.17, 15) is 14.4 Å². The van der Waals surface area contributed by atoms with Crippen LogP contribution in [-0.2, 0) is 4.79 Å². The van der Waals surface area contributed by atoms with E-state index in [1.165, 1.54) is 0 Å². The standard InChI is InChI=1S/C21H16N4O5S/c26-19(18-13-3-1-2-4-14(13)23-24-18)22-7-8-25-20(27)17(31-21(25)28)10-12-5-6-15-16(9-12)30-11-29-15/h1-6,9-10H,7-8,11H2,(H,22,26)(H,23,24)/b17-10+. The molecule has 0 bridgehead atoms. The van der Waals surface area contributed by atoms with Gasteiger partial charge < -0.3 is 14.8 Å². The zero-order chi connectivity index (χ0) is 21.4. The summed E-state index contributed by atoms with van der Waals surface area (Å²) < 4.78 is 10.6. The van der Waals surface area contributed by atoms with Gasteiger partial charge in [0, 0.05) is 18.5 Å². The zero-order valence-electron chi connectivity index (χ0n) is 16.1. The SMILES string of the molecule is O=C(NCCN1C(=O)S/C(=C/c2ccc3c(c2)OCO3)C1=O)c1n[nH]c2ccccc12. The van der Waals surface area contributed by atoms with Gasteiger partial charge in [0.1, 0.15) is 0 Å². The molecule has 5 rings (SSSR count). The van der Waals surface area contributed by atoms with Gasteiger partial charge in [0.25, 0.3) is 17.1 Å². The number of amides is 3. The number of aromatic nitrogens is 2. The van der Waals surface area contributed by atoms with Gasteiger partial charge in [0.15, 0.2) is 17.2 Å². The van der Waals surface area contributed by atoms with Crippen LogP contribution in [-0.4, -0.2) is 52.0 Å². The number of H-pyrrole nitrogens is 1. The van der Waals surface area contributed by atoms with Crippen LogP contribution in [0.2, 0.25) is 0 Å². The number of imide groups is 1. The first-order valence-corrected chi connectivity index (χ1v) is 10.3. The van der Waals surface area contributed by atoms with Crippen LogP contribution in [0.4, 0.5) is 4.79 Å². The zero-order valence-corrected chi connectivity index (χ0v) is 16.9. The minimum atomic E-state index is -0.396. The fourth-order valence-corrected chi connectivity index (χ4v) is 4.21. The molecule has 1 saturated heterocycles. The summed E-state index contributed by atoms with van der Waals surface area (Å²) in [4.78, 5) is 38.8. The monoisotopic (exact) mass is 436 g/mol. The molecule has 1 aromatic heterocycles. The molecule has 3 amide bonds. The number of para-hydroxylation sites is 1. The van der Waals surface area contributed by atoms with Crippen LogP contribution in [0.5, 0.6) is 11.5 Å². The highest BCUT2D eigenvalue weighted by Crippen LogP contribution is 2.36. The van der Waals surface area contributed by atoms with E-state index in [1.54, 1.807) is 30.3 Å². The molecule has 0 radical (unpaired) electrons. The molecule has 9 nitrogen and oxygen atoms in total. The molecular formula is C21H16N4O5S. The summed E-state index contributed by atoms with van der Waals surface area (Å²) in [6.45, 7) is 0.349. The molecule has 10 heteroatoms. The Morgan fingerprint density at radius 2 is 2.03 bits per heavy atom. The minimum Gasteiger partial charge on any atom is -0.454 e. The molecule has 3 heterocycles. The Bertz CT molecular complexity index is 1250. The van der Waals surface area contributed by atoms with Crippen molar-refractivity contribution >= 4 is 45.8 Å². The van der Waals surface area contributed by atoms with Gasteiger partial charge in [-0.1, -0.05) is 24.3 Å². The number of ether oxygens (including phenoxy) is 2. The molecule has 2 N–H and O–H groups in total. The maximum atomic E-state index is 12.7. The van der Waals surface area contributed by atoms with E-state index in [4.69, 9.17) is 9.47 Å². The molecule has 156 valence electrons. The summed E-state index contributed by atoms with van der Waals surface area (Å²) >= 11 is 0.865. The second-order valence-corrected chi connectivity index (χ2v) is 7.81. The Morgan fingerprint density at radius 1 is 1.19 bits per heavy atom. The molecule has 2 aromatic carbocycles. The fourth-order valence-electron chi connectivity index (χ4n) is 3.35. The molecule has 31 heavy (non-hydrogen) atoms. The van der Waals surface area contributed by atoms with Crippen LogP contribution in [0.3, 0.4) is 0 Å². The van der Waals surface area contributed by atoms with Crippen molar-refractivity contribution in [3.05, 3.63) is 58.6 Å². The van der Waals surface area contributed by atoms with E-state index in [2.05, 4.69) is 15.5 Å². The average Bonchev–Trinajstić information content (AvgIpc) is 3.47. The predicted octanol–water partition coefficient (Wildman–Crippen LogP) is 2.76. The van der Waals surface area contributed by atoms with Crippen LogP contribution >= 0.6 is 11.8 Å². The minimum absolute atomic E-state index is 0.0667. The third-order valence-electron chi connectivity index (χ3n) is 4.87. The van der Waals surface area contributed by atoms with Crippen LogP contribution < -0.4 is 14.8 Å². The summed E-state index contributed by atoms with van der Waals surface area (Å²) in [6.07, 6.45) is 1.64. The van der Waals surface area contributed by atoms with E-state index < -0.39 is 5.91 Å². The molecule has 0 saturated carbocycles. The highest BCUT2D eigenvalue weighted by Gasteiger charge is 2.34. The van der Waals surface area contributed by atoms with Gasteiger partial charge in [0.05, 0.1) is 10.4 Å². The van der Waals surface area contributed by atoms with Gasteiger partial charge in [-0.15, -0.1) is 0 Å². The van der Waals surface area contributed by atoms with Crippen molar-refractivity contribution in [2.45, 2.75) is 0 Å². The number of nitrogens with zero attached hydrogens (tertiary/aromatic N) is 2.